The number of aromatic nitrogens is 2. The van der Waals surface area contributed by atoms with Gasteiger partial charge in [-0.2, -0.15) is 0 Å². The van der Waals surface area contributed by atoms with Gasteiger partial charge in [0.2, 0.25) is 5.13 Å². The van der Waals surface area contributed by atoms with Crippen molar-refractivity contribution < 1.29 is 4.74 Å². The minimum atomic E-state index is -0.170. The summed E-state index contributed by atoms with van der Waals surface area (Å²) in [5.41, 5.74) is 5.50. The second-order valence-corrected chi connectivity index (χ2v) is 4.67. The smallest absolute Gasteiger partial charge is 0.203 e. The summed E-state index contributed by atoms with van der Waals surface area (Å²) in [5, 5.41) is 9.54. The maximum Gasteiger partial charge on any atom is 0.203 e. The molecule has 2 rings (SSSR count). The van der Waals surface area contributed by atoms with E-state index < -0.39 is 0 Å². The molecule has 0 saturated heterocycles. The quantitative estimate of drug-likeness (QED) is 0.916. The number of nitrogens with zero attached hydrogens (tertiary/aromatic N) is 2. The van der Waals surface area contributed by atoms with Crippen LogP contribution in [-0.4, -0.2) is 10.2 Å². The van der Waals surface area contributed by atoms with Crippen LogP contribution >= 0.6 is 22.9 Å². The third-order valence-electron chi connectivity index (χ3n) is 1.93. The number of halogens is 1. The fourth-order valence-corrected chi connectivity index (χ4v) is 1.90. The Morgan fingerprint density at radius 1 is 1.31 bits per heavy atom. The molecule has 4 nitrogen and oxygen atoms in total. The van der Waals surface area contributed by atoms with Gasteiger partial charge in [0.25, 0.3) is 0 Å². The van der Waals surface area contributed by atoms with Gasteiger partial charge in [0.05, 0.1) is 0 Å². The zero-order chi connectivity index (χ0) is 11.5. The molecule has 1 aromatic heterocycles. The fourth-order valence-electron chi connectivity index (χ4n) is 1.18. The minimum absolute atomic E-state index is 0.170. The van der Waals surface area contributed by atoms with E-state index in [0.717, 1.165) is 10.8 Å². The molecule has 0 bridgehead atoms. The van der Waals surface area contributed by atoms with Crippen LogP contribution in [0.5, 0.6) is 5.75 Å². The van der Waals surface area contributed by atoms with Gasteiger partial charge in [0.15, 0.2) is 5.01 Å². The number of anilines is 1. The monoisotopic (exact) mass is 255 g/mol. The van der Waals surface area contributed by atoms with E-state index in [-0.39, 0.29) is 6.10 Å². The maximum atomic E-state index is 5.78. The Morgan fingerprint density at radius 2 is 2.00 bits per heavy atom. The third-order valence-corrected chi connectivity index (χ3v) is 3.10. The molecular formula is C10H10ClN3OS. The number of hydrogen-bond donors (Lipinski definition) is 1. The van der Waals surface area contributed by atoms with Crippen LogP contribution in [0.15, 0.2) is 24.3 Å². The highest BCUT2D eigenvalue weighted by atomic mass is 35.5. The fraction of sp³-hybridized carbons (Fsp3) is 0.200. The molecule has 0 fully saturated rings. The second kappa shape index (κ2) is 4.67. The van der Waals surface area contributed by atoms with Crippen molar-refractivity contribution in [3.05, 3.63) is 34.3 Å². The number of ether oxygens (including phenoxy) is 1. The molecule has 0 aliphatic rings. The molecule has 0 radical (unpaired) electrons. The zero-order valence-electron chi connectivity index (χ0n) is 8.55. The molecule has 2 aromatic rings. The summed E-state index contributed by atoms with van der Waals surface area (Å²) in [6, 6.07) is 7.17. The van der Waals surface area contributed by atoms with Crippen LogP contribution in [0.3, 0.4) is 0 Å². The first kappa shape index (κ1) is 11.2. The van der Waals surface area contributed by atoms with E-state index in [0.29, 0.717) is 10.2 Å². The van der Waals surface area contributed by atoms with Gasteiger partial charge in [-0.25, -0.2) is 0 Å². The number of hydrogen-bond acceptors (Lipinski definition) is 5. The first-order valence-electron chi connectivity index (χ1n) is 4.66. The Labute approximate surface area is 102 Å². The van der Waals surface area contributed by atoms with Crippen molar-refractivity contribution in [2.45, 2.75) is 13.0 Å². The molecule has 0 aliphatic heterocycles. The number of nitrogen functional groups attached to an aromatic ring is 1. The van der Waals surface area contributed by atoms with Gasteiger partial charge in [-0.05, 0) is 31.2 Å². The van der Waals surface area contributed by atoms with Crippen LogP contribution < -0.4 is 10.5 Å². The number of rotatable bonds is 3. The van der Waals surface area contributed by atoms with Gasteiger partial charge in [-0.1, -0.05) is 22.9 Å². The minimum Gasteiger partial charge on any atom is -0.483 e. The molecule has 0 unspecified atom stereocenters. The Hall–Kier alpha value is -1.33. The topological polar surface area (TPSA) is 61.0 Å². The lowest BCUT2D eigenvalue weighted by Crippen LogP contribution is -2.02. The summed E-state index contributed by atoms with van der Waals surface area (Å²) >= 11 is 7.10. The van der Waals surface area contributed by atoms with Crippen LogP contribution in [-0.2, 0) is 0 Å². The molecule has 0 saturated carbocycles. The molecule has 16 heavy (non-hydrogen) atoms. The molecule has 84 valence electrons. The predicted molar refractivity (Wildman–Crippen MR) is 64.8 cm³/mol. The van der Waals surface area contributed by atoms with Crippen LogP contribution in [0, 0.1) is 0 Å². The molecule has 0 spiro atoms. The highest BCUT2D eigenvalue weighted by molar-refractivity contribution is 7.15. The lowest BCUT2D eigenvalue weighted by atomic mass is 10.3. The number of nitrogens with two attached hydrogens (primary N) is 1. The maximum absolute atomic E-state index is 5.78. The lowest BCUT2D eigenvalue weighted by Gasteiger charge is -2.11. The highest BCUT2D eigenvalue weighted by Crippen LogP contribution is 2.25. The average Bonchev–Trinajstić information content (AvgIpc) is 2.68. The predicted octanol–water partition coefficient (Wildman–Crippen LogP) is 2.91. The van der Waals surface area contributed by atoms with Crippen LogP contribution in [0.25, 0.3) is 0 Å². The SMILES string of the molecule is C[C@H](Oc1ccc(Cl)cc1)c1nnc(N)s1. The Bertz CT molecular complexity index is 471. The van der Waals surface area contributed by atoms with Gasteiger partial charge in [0.1, 0.15) is 11.9 Å². The standard InChI is InChI=1S/C10H10ClN3OS/c1-6(9-13-14-10(12)16-9)15-8-4-2-7(11)3-5-8/h2-6H,1H3,(H2,12,14)/t6-/m0/s1. The largest absolute Gasteiger partial charge is 0.483 e. The van der Waals surface area contributed by atoms with E-state index in [4.69, 9.17) is 22.1 Å². The van der Waals surface area contributed by atoms with Gasteiger partial charge in [0, 0.05) is 5.02 Å². The molecular weight excluding hydrogens is 246 g/mol. The van der Waals surface area contributed by atoms with Crippen molar-refractivity contribution in [1.29, 1.82) is 0 Å². The first-order valence-corrected chi connectivity index (χ1v) is 5.85. The summed E-state index contributed by atoms with van der Waals surface area (Å²) in [5.74, 6) is 0.741. The summed E-state index contributed by atoms with van der Waals surface area (Å²) in [4.78, 5) is 0. The Morgan fingerprint density at radius 3 is 2.56 bits per heavy atom. The Kier molecular flexibility index (Phi) is 3.26. The zero-order valence-corrected chi connectivity index (χ0v) is 10.1. The lowest BCUT2D eigenvalue weighted by molar-refractivity contribution is 0.225. The van der Waals surface area contributed by atoms with Gasteiger partial charge >= 0.3 is 0 Å². The Balaban J connectivity index is 2.07. The molecule has 2 N–H and O–H groups in total. The normalized spacial score (nSPS) is 12.4. The third kappa shape index (κ3) is 2.62. The summed E-state index contributed by atoms with van der Waals surface area (Å²) in [6.07, 6.45) is -0.170. The van der Waals surface area contributed by atoms with Gasteiger partial charge in [-0.15, -0.1) is 10.2 Å². The van der Waals surface area contributed by atoms with Crippen molar-refractivity contribution in [3.8, 4) is 5.75 Å². The molecule has 1 atom stereocenters. The van der Waals surface area contributed by atoms with Gasteiger partial charge in [-0.3, -0.25) is 0 Å². The van der Waals surface area contributed by atoms with E-state index in [1.165, 1.54) is 11.3 Å². The average molecular weight is 256 g/mol. The van der Waals surface area contributed by atoms with Crippen molar-refractivity contribution in [1.82, 2.24) is 10.2 Å². The van der Waals surface area contributed by atoms with E-state index >= 15 is 0 Å². The van der Waals surface area contributed by atoms with E-state index in [2.05, 4.69) is 10.2 Å². The highest BCUT2D eigenvalue weighted by Gasteiger charge is 2.12. The molecule has 1 aromatic carbocycles. The summed E-state index contributed by atoms with van der Waals surface area (Å²) < 4.78 is 5.66. The molecule has 1 heterocycles. The van der Waals surface area contributed by atoms with Crippen molar-refractivity contribution in [2.75, 3.05) is 5.73 Å². The van der Waals surface area contributed by atoms with Crippen molar-refractivity contribution in [3.63, 3.8) is 0 Å². The summed E-state index contributed by atoms with van der Waals surface area (Å²) in [7, 11) is 0. The van der Waals surface area contributed by atoms with Crippen molar-refractivity contribution in [2.24, 2.45) is 0 Å². The van der Waals surface area contributed by atoms with E-state index in [9.17, 15) is 0 Å². The van der Waals surface area contributed by atoms with E-state index in [1.54, 1.807) is 12.1 Å². The van der Waals surface area contributed by atoms with Crippen molar-refractivity contribution >= 4 is 28.1 Å². The van der Waals surface area contributed by atoms with Crippen LogP contribution in [0.1, 0.15) is 18.0 Å². The van der Waals surface area contributed by atoms with E-state index in [1.807, 2.05) is 19.1 Å². The van der Waals surface area contributed by atoms with Crippen LogP contribution in [0.4, 0.5) is 5.13 Å². The second-order valence-electron chi connectivity index (χ2n) is 3.19. The van der Waals surface area contributed by atoms with Crippen LogP contribution in [0.2, 0.25) is 5.02 Å². The first-order chi connectivity index (χ1) is 7.65. The number of benzene rings is 1. The molecule has 0 aliphatic carbocycles. The molecule has 6 heteroatoms. The summed E-state index contributed by atoms with van der Waals surface area (Å²) in [6.45, 7) is 1.90. The molecule has 0 amide bonds. The van der Waals surface area contributed by atoms with Gasteiger partial charge < -0.3 is 10.5 Å².